The number of hydrogen-bond donors (Lipinski definition) is 1. The van der Waals surface area contributed by atoms with E-state index in [2.05, 4.69) is 13.8 Å². The molecule has 6 heteroatoms. The van der Waals surface area contributed by atoms with Crippen LogP contribution in [0.1, 0.15) is 47.5 Å². The average Bonchev–Trinajstić information content (AvgIpc) is 2.91. The van der Waals surface area contributed by atoms with Gasteiger partial charge in [0, 0.05) is 23.5 Å². The molecule has 2 aliphatic heterocycles. The van der Waals surface area contributed by atoms with Crippen molar-refractivity contribution >= 4 is 11.9 Å². The maximum absolute atomic E-state index is 12.3. The van der Waals surface area contributed by atoms with Crippen LogP contribution in [0.4, 0.5) is 0 Å². The van der Waals surface area contributed by atoms with Crippen molar-refractivity contribution in [3.8, 4) is 0 Å². The van der Waals surface area contributed by atoms with E-state index in [9.17, 15) is 14.7 Å². The highest BCUT2D eigenvalue weighted by atomic mass is 16.7. The maximum Gasteiger partial charge on any atom is 0.337 e. The summed E-state index contributed by atoms with van der Waals surface area (Å²) in [7, 11) is 0. The van der Waals surface area contributed by atoms with Gasteiger partial charge in [0.1, 0.15) is 0 Å². The van der Waals surface area contributed by atoms with Crippen LogP contribution in [0.5, 0.6) is 0 Å². The third-order valence-corrected chi connectivity index (χ3v) is 6.05. The summed E-state index contributed by atoms with van der Waals surface area (Å²) >= 11 is 0. The second-order valence-corrected chi connectivity index (χ2v) is 8.36. The molecule has 0 spiro atoms. The SMILES string of the molecule is CC1=CC(O/C=C2/C(=O)OCC(C3=C(C)C(O)CCC3(C)C)C2C)OC1=O. The molecule has 1 fully saturated rings. The molecule has 4 unspecified atom stereocenters. The highest BCUT2D eigenvalue weighted by molar-refractivity contribution is 5.90. The first-order valence-corrected chi connectivity index (χ1v) is 9.43. The Morgan fingerprint density at radius 2 is 1.96 bits per heavy atom. The first kappa shape index (κ1) is 19.7. The fourth-order valence-corrected chi connectivity index (χ4v) is 4.35. The highest BCUT2D eigenvalue weighted by Gasteiger charge is 2.43. The van der Waals surface area contributed by atoms with Gasteiger partial charge in [0.05, 0.1) is 24.5 Å². The first-order chi connectivity index (χ1) is 12.6. The van der Waals surface area contributed by atoms with Crippen LogP contribution in [-0.4, -0.2) is 36.0 Å². The van der Waals surface area contributed by atoms with Gasteiger partial charge >= 0.3 is 11.9 Å². The van der Waals surface area contributed by atoms with Crippen molar-refractivity contribution in [2.75, 3.05) is 6.61 Å². The third-order valence-electron chi connectivity index (χ3n) is 6.05. The Labute approximate surface area is 159 Å². The van der Waals surface area contributed by atoms with Gasteiger partial charge in [-0.25, -0.2) is 9.59 Å². The molecule has 2 heterocycles. The first-order valence-electron chi connectivity index (χ1n) is 9.43. The van der Waals surface area contributed by atoms with E-state index < -0.39 is 24.3 Å². The molecule has 0 aromatic heterocycles. The van der Waals surface area contributed by atoms with Gasteiger partial charge in [0.25, 0.3) is 6.29 Å². The van der Waals surface area contributed by atoms with E-state index in [1.54, 1.807) is 13.0 Å². The lowest BCUT2D eigenvalue weighted by Gasteiger charge is -2.44. The van der Waals surface area contributed by atoms with E-state index in [0.717, 1.165) is 24.0 Å². The monoisotopic (exact) mass is 376 g/mol. The zero-order valence-electron chi connectivity index (χ0n) is 16.6. The Hall–Kier alpha value is -2.08. The van der Waals surface area contributed by atoms with Crippen molar-refractivity contribution in [2.45, 2.75) is 59.9 Å². The van der Waals surface area contributed by atoms with Crippen LogP contribution in [0.15, 0.2) is 34.6 Å². The minimum atomic E-state index is -0.820. The van der Waals surface area contributed by atoms with E-state index in [1.165, 1.54) is 6.26 Å². The molecule has 0 saturated carbocycles. The molecule has 0 amide bonds. The van der Waals surface area contributed by atoms with Gasteiger partial charge in [-0.05, 0) is 37.7 Å². The summed E-state index contributed by atoms with van der Waals surface area (Å²) in [5, 5.41) is 10.4. The molecular formula is C21H28O6. The average molecular weight is 376 g/mol. The largest absolute Gasteiger partial charge is 0.462 e. The summed E-state index contributed by atoms with van der Waals surface area (Å²) in [6.45, 7) is 10.2. The van der Waals surface area contributed by atoms with Crippen LogP contribution in [0, 0.1) is 17.3 Å². The molecule has 6 nitrogen and oxygen atoms in total. The number of carbonyl (C=O) groups excluding carboxylic acids is 2. The minimum Gasteiger partial charge on any atom is -0.462 e. The van der Waals surface area contributed by atoms with Crippen LogP contribution >= 0.6 is 0 Å². The van der Waals surface area contributed by atoms with Crippen molar-refractivity contribution in [1.82, 2.24) is 0 Å². The second kappa shape index (κ2) is 7.15. The molecule has 27 heavy (non-hydrogen) atoms. The predicted octanol–water partition coefficient (Wildman–Crippen LogP) is 3.02. The molecule has 3 aliphatic rings. The Morgan fingerprint density at radius 3 is 2.59 bits per heavy atom. The van der Waals surface area contributed by atoms with Gasteiger partial charge in [0.15, 0.2) is 0 Å². The number of cyclic esters (lactones) is 2. The third kappa shape index (κ3) is 3.68. The number of aliphatic hydroxyl groups is 1. The van der Waals surface area contributed by atoms with E-state index >= 15 is 0 Å². The van der Waals surface area contributed by atoms with Crippen molar-refractivity contribution in [1.29, 1.82) is 0 Å². The molecule has 1 saturated heterocycles. The molecule has 4 atom stereocenters. The van der Waals surface area contributed by atoms with Gasteiger partial charge in [-0.3, -0.25) is 0 Å². The second-order valence-electron chi connectivity index (χ2n) is 8.36. The van der Waals surface area contributed by atoms with Crippen molar-refractivity contribution in [3.63, 3.8) is 0 Å². The fraction of sp³-hybridized carbons (Fsp3) is 0.619. The zero-order chi connectivity index (χ0) is 19.9. The van der Waals surface area contributed by atoms with Gasteiger partial charge in [-0.1, -0.05) is 26.3 Å². The normalized spacial score (nSPS) is 35.0. The molecule has 0 aromatic carbocycles. The lowest BCUT2D eigenvalue weighted by atomic mass is 9.64. The van der Waals surface area contributed by atoms with Crippen LogP contribution in [0.2, 0.25) is 0 Å². The molecule has 148 valence electrons. The van der Waals surface area contributed by atoms with E-state index in [0.29, 0.717) is 11.1 Å². The molecular weight excluding hydrogens is 348 g/mol. The van der Waals surface area contributed by atoms with Crippen LogP contribution < -0.4 is 0 Å². The summed E-state index contributed by atoms with van der Waals surface area (Å²) in [5.41, 5.74) is 2.96. The molecule has 3 rings (SSSR count). The van der Waals surface area contributed by atoms with E-state index in [1.807, 2.05) is 13.8 Å². The Balaban J connectivity index is 1.85. The predicted molar refractivity (Wildman–Crippen MR) is 98.1 cm³/mol. The van der Waals surface area contributed by atoms with Gasteiger partial charge in [-0.15, -0.1) is 0 Å². The number of hydrogen-bond acceptors (Lipinski definition) is 6. The van der Waals surface area contributed by atoms with Gasteiger partial charge in [-0.2, -0.15) is 0 Å². The standard InChI is InChI=1S/C21H28O6/c1-11-8-17(27-19(11)23)25-10-15-12(2)14(9-26-20(15)24)18-13(3)16(22)6-7-21(18,4)5/h8,10,12,14,16-17,22H,6-7,9H2,1-5H3/b15-10+. The topological polar surface area (TPSA) is 82.1 Å². The van der Waals surface area contributed by atoms with Gasteiger partial charge < -0.3 is 19.3 Å². The highest BCUT2D eigenvalue weighted by Crippen LogP contribution is 2.48. The molecule has 0 aromatic rings. The smallest absolute Gasteiger partial charge is 0.337 e. The van der Waals surface area contributed by atoms with E-state index in [4.69, 9.17) is 14.2 Å². The van der Waals surface area contributed by atoms with E-state index in [-0.39, 0.29) is 23.9 Å². The number of rotatable bonds is 3. The Bertz CT molecular complexity index is 742. The minimum absolute atomic E-state index is 0.0223. The fourth-order valence-electron chi connectivity index (χ4n) is 4.35. The maximum atomic E-state index is 12.3. The molecule has 0 radical (unpaired) electrons. The summed E-state index contributed by atoms with van der Waals surface area (Å²) in [5.74, 6) is -1.00. The summed E-state index contributed by atoms with van der Waals surface area (Å²) in [6, 6.07) is 0. The molecule has 0 bridgehead atoms. The summed E-state index contributed by atoms with van der Waals surface area (Å²) < 4.78 is 16.0. The Morgan fingerprint density at radius 1 is 1.26 bits per heavy atom. The lowest BCUT2D eigenvalue weighted by Crippen LogP contribution is -2.40. The molecule has 1 aliphatic carbocycles. The van der Waals surface area contributed by atoms with Crippen LogP contribution in [0.25, 0.3) is 0 Å². The lowest BCUT2D eigenvalue weighted by molar-refractivity contribution is -0.152. The van der Waals surface area contributed by atoms with Crippen molar-refractivity contribution < 1.29 is 28.9 Å². The molecule has 1 N–H and O–H groups in total. The number of aliphatic hydroxyl groups excluding tert-OH is 1. The van der Waals surface area contributed by atoms with Crippen LogP contribution in [-0.2, 0) is 23.8 Å². The summed E-state index contributed by atoms with van der Waals surface area (Å²) in [4.78, 5) is 23.8. The zero-order valence-corrected chi connectivity index (χ0v) is 16.6. The number of esters is 2. The van der Waals surface area contributed by atoms with Gasteiger partial charge in [0.2, 0.25) is 0 Å². The van der Waals surface area contributed by atoms with Crippen LogP contribution in [0.3, 0.4) is 0 Å². The van der Waals surface area contributed by atoms with Crippen molar-refractivity contribution in [3.05, 3.63) is 34.6 Å². The Kier molecular flexibility index (Phi) is 5.21. The van der Waals surface area contributed by atoms with Crippen molar-refractivity contribution in [2.24, 2.45) is 17.3 Å². The quantitative estimate of drug-likeness (QED) is 0.353. The number of carbonyl (C=O) groups is 2. The summed E-state index contributed by atoms with van der Waals surface area (Å²) in [6.07, 6.45) is 3.28. The number of ether oxygens (including phenoxy) is 3.